The molecule has 0 aliphatic carbocycles. The van der Waals surface area contributed by atoms with Gasteiger partial charge in [-0.2, -0.15) is 13.2 Å². The predicted molar refractivity (Wildman–Crippen MR) is 47.4 cm³/mol. The van der Waals surface area contributed by atoms with E-state index in [2.05, 4.69) is 15.9 Å². The maximum Gasteiger partial charge on any atom is 0.389 e. The minimum Gasteiger partial charge on any atom is -0.171 e. The Labute approximate surface area is 79.7 Å². The van der Waals surface area contributed by atoms with Crippen LogP contribution in [0, 0.1) is 11.3 Å². The van der Waals surface area contributed by atoms with Crippen molar-refractivity contribution in [2.45, 2.75) is 33.4 Å². The van der Waals surface area contributed by atoms with E-state index in [0.717, 1.165) is 0 Å². The van der Waals surface area contributed by atoms with Gasteiger partial charge in [0, 0.05) is 11.8 Å². The van der Waals surface area contributed by atoms with Crippen LogP contribution in [0.2, 0.25) is 0 Å². The highest BCUT2D eigenvalue weighted by Crippen LogP contribution is 2.40. The minimum absolute atomic E-state index is 0.0264. The number of hydrogen-bond donors (Lipinski definition) is 0. The summed E-state index contributed by atoms with van der Waals surface area (Å²) in [7, 11) is 0. The molecule has 0 aliphatic rings. The molecule has 0 saturated carbocycles. The Morgan fingerprint density at radius 3 is 1.75 bits per heavy atom. The Kier molecular flexibility index (Phi) is 4.08. The summed E-state index contributed by atoms with van der Waals surface area (Å²) in [6.45, 7) is 5.28. The fraction of sp³-hybridized carbons (Fsp3) is 1.00. The summed E-state index contributed by atoms with van der Waals surface area (Å²) < 4.78 is 36.2. The van der Waals surface area contributed by atoms with Crippen molar-refractivity contribution in [2.75, 3.05) is 5.33 Å². The SMILES string of the molecule is CC(C)C(C)(CBr)CC(F)(F)F. The highest BCUT2D eigenvalue weighted by atomic mass is 79.9. The van der Waals surface area contributed by atoms with Gasteiger partial charge in [0.1, 0.15) is 0 Å². The van der Waals surface area contributed by atoms with E-state index < -0.39 is 18.0 Å². The quantitative estimate of drug-likeness (QED) is 0.661. The molecule has 0 saturated heterocycles. The molecule has 0 nitrogen and oxygen atoms in total. The first-order chi connectivity index (χ1) is 5.21. The van der Waals surface area contributed by atoms with Crippen LogP contribution < -0.4 is 0 Å². The fourth-order valence-corrected chi connectivity index (χ4v) is 1.71. The maximum atomic E-state index is 12.1. The maximum absolute atomic E-state index is 12.1. The van der Waals surface area contributed by atoms with Gasteiger partial charge in [-0.15, -0.1) is 0 Å². The van der Waals surface area contributed by atoms with E-state index in [9.17, 15) is 13.2 Å². The molecule has 74 valence electrons. The lowest BCUT2D eigenvalue weighted by atomic mass is 9.78. The first kappa shape index (κ1) is 12.3. The average Bonchev–Trinajstić information content (AvgIpc) is 1.83. The van der Waals surface area contributed by atoms with E-state index in [1.165, 1.54) is 0 Å². The zero-order valence-corrected chi connectivity index (χ0v) is 9.09. The van der Waals surface area contributed by atoms with Gasteiger partial charge in [-0.05, 0) is 11.3 Å². The zero-order chi connectivity index (χ0) is 9.99. The van der Waals surface area contributed by atoms with Crippen molar-refractivity contribution < 1.29 is 13.2 Å². The van der Waals surface area contributed by atoms with Crippen molar-refractivity contribution in [1.82, 2.24) is 0 Å². The normalized spacial score (nSPS) is 18.0. The van der Waals surface area contributed by atoms with Gasteiger partial charge in [0.15, 0.2) is 0 Å². The van der Waals surface area contributed by atoms with Crippen molar-refractivity contribution in [2.24, 2.45) is 11.3 Å². The van der Waals surface area contributed by atoms with E-state index in [0.29, 0.717) is 5.33 Å². The lowest BCUT2D eigenvalue weighted by Gasteiger charge is -2.32. The molecule has 0 bridgehead atoms. The second kappa shape index (κ2) is 3.99. The highest BCUT2D eigenvalue weighted by Gasteiger charge is 2.40. The fourth-order valence-electron chi connectivity index (χ4n) is 0.864. The molecule has 0 aromatic rings. The summed E-state index contributed by atoms with van der Waals surface area (Å²) in [5.74, 6) is 0.0264. The van der Waals surface area contributed by atoms with Gasteiger partial charge in [-0.1, -0.05) is 36.7 Å². The van der Waals surface area contributed by atoms with Gasteiger partial charge in [0.2, 0.25) is 0 Å². The molecule has 0 aromatic carbocycles. The summed E-state index contributed by atoms with van der Waals surface area (Å²) >= 11 is 3.13. The van der Waals surface area contributed by atoms with Crippen LogP contribution in [0.4, 0.5) is 13.2 Å². The topological polar surface area (TPSA) is 0 Å². The molecule has 0 amide bonds. The summed E-state index contributed by atoms with van der Waals surface area (Å²) in [5.41, 5.74) is -0.682. The van der Waals surface area contributed by atoms with Crippen molar-refractivity contribution in [3.8, 4) is 0 Å². The largest absolute Gasteiger partial charge is 0.389 e. The van der Waals surface area contributed by atoms with Crippen molar-refractivity contribution in [3.63, 3.8) is 0 Å². The van der Waals surface area contributed by atoms with Gasteiger partial charge in [-0.3, -0.25) is 0 Å². The van der Waals surface area contributed by atoms with Crippen LogP contribution in [0.25, 0.3) is 0 Å². The molecule has 0 heterocycles. The molecular weight excluding hydrogens is 233 g/mol. The third-order valence-corrected chi connectivity index (χ3v) is 3.58. The monoisotopic (exact) mass is 246 g/mol. The Morgan fingerprint density at radius 1 is 1.25 bits per heavy atom. The van der Waals surface area contributed by atoms with Crippen LogP contribution in [-0.4, -0.2) is 11.5 Å². The molecule has 12 heavy (non-hydrogen) atoms. The molecule has 1 atom stereocenters. The van der Waals surface area contributed by atoms with Crippen molar-refractivity contribution >= 4 is 15.9 Å². The molecule has 0 aromatic heterocycles. The van der Waals surface area contributed by atoms with E-state index in [-0.39, 0.29) is 5.92 Å². The lowest BCUT2D eigenvalue weighted by Crippen LogP contribution is -2.31. The average molecular weight is 247 g/mol. The van der Waals surface area contributed by atoms with E-state index in [1.54, 1.807) is 6.92 Å². The first-order valence-corrected chi connectivity index (χ1v) is 4.96. The van der Waals surface area contributed by atoms with Crippen LogP contribution in [-0.2, 0) is 0 Å². The smallest absolute Gasteiger partial charge is 0.171 e. The molecule has 0 aliphatic heterocycles. The second-order valence-electron chi connectivity index (χ2n) is 3.73. The Morgan fingerprint density at radius 2 is 1.67 bits per heavy atom. The molecule has 0 fully saturated rings. The van der Waals surface area contributed by atoms with Gasteiger partial charge < -0.3 is 0 Å². The molecule has 0 rings (SSSR count). The lowest BCUT2D eigenvalue weighted by molar-refractivity contribution is -0.158. The minimum atomic E-state index is -4.06. The third kappa shape index (κ3) is 3.78. The molecule has 4 heteroatoms. The number of hydrogen-bond acceptors (Lipinski definition) is 0. The van der Waals surface area contributed by atoms with Gasteiger partial charge in [0.05, 0.1) is 0 Å². The van der Waals surface area contributed by atoms with Crippen LogP contribution in [0.5, 0.6) is 0 Å². The van der Waals surface area contributed by atoms with E-state index in [4.69, 9.17) is 0 Å². The molecule has 0 N–H and O–H groups in total. The molecule has 1 unspecified atom stereocenters. The Bertz CT molecular complexity index is 142. The summed E-state index contributed by atoms with van der Waals surface area (Å²) in [6.07, 6.45) is -4.78. The standard InChI is InChI=1S/C8H14BrF3/c1-6(2)7(3,5-9)4-8(10,11)12/h6H,4-5H2,1-3H3. The van der Waals surface area contributed by atoms with Gasteiger partial charge in [0.25, 0.3) is 0 Å². The third-order valence-electron chi connectivity index (χ3n) is 2.30. The molecule has 0 radical (unpaired) electrons. The van der Waals surface area contributed by atoms with Crippen LogP contribution >= 0.6 is 15.9 Å². The van der Waals surface area contributed by atoms with E-state index >= 15 is 0 Å². The predicted octanol–water partition coefficient (Wildman–Crippen LogP) is 4.00. The van der Waals surface area contributed by atoms with Crippen molar-refractivity contribution in [1.29, 1.82) is 0 Å². The van der Waals surface area contributed by atoms with Crippen LogP contribution in [0.15, 0.2) is 0 Å². The van der Waals surface area contributed by atoms with Gasteiger partial charge >= 0.3 is 6.18 Å². The summed E-state index contributed by atoms with van der Waals surface area (Å²) in [6, 6.07) is 0. The molecule has 0 spiro atoms. The zero-order valence-electron chi connectivity index (χ0n) is 7.50. The number of halogens is 4. The first-order valence-electron chi connectivity index (χ1n) is 3.84. The highest BCUT2D eigenvalue weighted by molar-refractivity contribution is 9.09. The summed E-state index contributed by atoms with van der Waals surface area (Å²) in [4.78, 5) is 0. The van der Waals surface area contributed by atoms with Crippen LogP contribution in [0.1, 0.15) is 27.2 Å². The summed E-state index contributed by atoms with van der Waals surface area (Å²) in [5, 5.41) is 0.386. The van der Waals surface area contributed by atoms with Crippen molar-refractivity contribution in [3.05, 3.63) is 0 Å². The number of rotatable bonds is 3. The number of alkyl halides is 4. The Balaban J connectivity index is 4.35. The second-order valence-corrected chi connectivity index (χ2v) is 4.30. The molecular formula is C8H14BrF3. The van der Waals surface area contributed by atoms with E-state index in [1.807, 2.05) is 13.8 Å². The van der Waals surface area contributed by atoms with Crippen LogP contribution in [0.3, 0.4) is 0 Å². The Hall–Kier alpha value is 0.270. The van der Waals surface area contributed by atoms with Gasteiger partial charge in [-0.25, -0.2) is 0 Å².